The first-order chi connectivity index (χ1) is 8.60. The fraction of sp³-hybridized carbons (Fsp3) is 0.167. The number of nitrogens with zero attached hydrogens (tertiary/aromatic N) is 3. The quantitative estimate of drug-likeness (QED) is 0.487. The minimum Gasteiger partial charge on any atom is -0.329 e. The van der Waals surface area contributed by atoms with Crippen molar-refractivity contribution in [3.8, 4) is 0 Å². The van der Waals surface area contributed by atoms with Crippen LogP contribution in [0.1, 0.15) is 0 Å². The summed E-state index contributed by atoms with van der Waals surface area (Å²) >= 11 is 7.33. The number of anilines is 2. The smallest absolute Gasteiger partial charge is 0.190 e. The largest absolute Gasteiger partial charge is 0.329 e. The molecule has 0 saturated carbocycles. The average molecular weight is 284 g/mol. The molecule has 2 aromatic rings. The molecule has 0 bridgehead atoms. The summed E-state index contributed by atoms with van der Waals surface area (Å²) in [6, 6.07) is 7.94. The van der Waals surface area contributed by atoms with Crippen LogP contribution in [0.25, 0.3) is 0 Å². The Labute approximate surface area is 114 Å². The van der Waals surface area contributed by atoms with Crippen LogP contribution in [0.2, 0.25) is 5.15 Å². The first kappa shape index (κ1) is 13.1. The van der Waals surface area contributed by atoms with Gasteiger partial charge in [-0.15, -0.1) is 0 Å². The summed E-state index contributed by atoms with van der Waals surface area (Å²) in [5.74, 6) is 0.342. The highest BCUT2D eigenvalue weighted by atomic mass is 35.5. The number of hydrogen-bond acceptors (Lipinski definition) is 4. The van der Waals surface area contributed by atoms with E-state index in [-0.39, 0.29) is 5.82 Å². The van der Waals surface area contributed by atoms with Crippen molar-refractivity contribution in [2.45, 2.75) is 5.16 Å². The Morgan fingerprint density at radius 1 is 1.28 bits per heavy atom. The van der Waals surface area contributed by atoms with E-state index in [1.807, 2.05) is 6.26 Å². The highest BCUT2D eigenvalue weighted by Crippen LogP contribution is 2.25. The molecule has 6 heteroatoms. The van der Waals surface area contributed by atoms with Crippen LogP contribution >= 0.6 is 23.4 Å². The van der Waals surface area contributed by atoms with Crippen molar-refractivity contribution in [3.05, 3.63) is 41.3 Å². The van der Waals surface area contributed by atoms with Gasteiger partial charge in [-0.1, -0.05) is 29.4 Å². The van der Waals surface area contributed by atoms with E-state index in [1.54, 1.807) is 30.1 Å². The Morgan fingerprint density at radius 3 is 2.72 bits per heavy atom. The van der Waals surface area contributed by atoms with Crippen LogP contribution in [0.5, 0.6) is 0 Å². The van der Waals surface area contributed by atoms with Gasteiger partial charge in [-0.3, -0.25) is 0 Å². The summed E-state index contributed by atoms with van der Waals surface area (Å²) in [7, 11) is 1.80. The van der Waals surface area contributed by atoms with E-state index in [0.717, 1.165) is 0 Å². The number of halogens is 2. The van der Waals surface area contributed by atoms with Crippen molar-refractivity contribution in [1.29, 1.82) is 0 Å². The number of thioether (sulfide) groups is 1. The van der Waals surface area contributed by atoms with Crippen molar-refractivity contribution in [2.75, 3.05) is 18.2 Å². The summed E-state index contributed by atoms with van der Waals surface area (Å²) in [5.41, 5.74) is 0.705. The van der Waals surface area contributed by atoms with Gasteiger partial charge >= 0.3 is 0 Å². The van der Waals surface area contributed by atoms with E-state index in [2.05, 4.69) is 9.97 Å². The second-order valence-electron chi connectivity index (χ2n) is 3.57. The zero-order valence-corrected chi connectivity index (χ0v) is 11.5. The molecule has 0 unspecified atom stereocenters. The molecule has 0 N–H and O–H groups in total. The minimum absolute atomic E-state index is 0.287. The summed E-state index contributed by atoms with van der Waals surface area (Å²) in [6.07, 6.45) is 1.87. The predicted octanol–water partition coefficient (Wildman–Crippen LogP) is 3.76. The maximum atomic E-state index is 13.2. The van der Waals surface area contributed by atoms with Crippen LogP contribution in [0.3, 0.4) is 0 Å². The Hall–Kier alpha value is -1.33. The van der Waals surface area contributed by atoms with Crippen molar-refractivity contribution in [2.24, 2.45) is 0 Å². The van der Waals surface area contributed by atoms with Gasteiger partial charge < -0.3 is 4.90 Å². The summed E-state index contributed by atoms with van der Waals surface area (Å²) in [5, 5.41) is 0.952. The Morgan fingerprint density at radius 2 is 2.06 bits per heavy atom. The van der Waals surface area contributed by atoms with E-state index in [0.29, 0.717) is 21.8 Å². The second-order valence-corrected chi connectivity index (χ2v) is 4.74. The molecule has 1 aromatic carbocycles. The zero-order valence-electron chi connectivity index (χ0n) is 9.89. The zero-order chi connectivity index (χ0) is 13.1. The predicted molar refractivity (Wildman–Crippen MR) is 73.3 cm³/mol. The Kier molecular flexibility index (Phi) is 4.04. The van der Waals surface area contributed by atoms with E-state index in [4.69, 9.17) is 11.6 Å². The van der Waals surface area contributed by atoms with Crippen LogP contribution in [-0.2, 0) is 0 Å². The Bertz CT molecular complexity index is 565. The second kappa shape index (κ2) is 5.54. The molecule has 0 aliphatic carbocycles. The van der Waals surface area contributed by atoms with Gasteiger partial charge in [-0.05, 0) is 24.5 Å². The van der Waals surface area contributed by atoms with Crippen molar-refractivity contribution in [1.82, 2.24) is 9.97 Å². The number of hydrogen-bond donors (Lipinski definition) is 0. The topological polar surface area (TPSA) is 29.0 Å². The van der Waals surface area contributed by atoms with Crippen molar-refractivity contribution < 1.29 is 4.39 Å². The van der Waals surface area contributed by atoms with E-state index in [1.165, 1.54) is 23.9 Å². The standard InChI is InChI=1S/C12H11ClFN3S/c1-17(9-5-3-4-8(14)6-9)11-7-10(13)15-12(16-11)18-2/h3-7H,1-2H3. The maximum Gasteiger partial charge on any atom is 0.190 e. The first-order valence-electron chi connectivity index (χ1n) is 5.18. The molecule has 0 atom stereocenters. The number of benzene rings is 1. The van der Waals surface area contributed by atoms with Crippen LogP contribution in [0.4, 0.5) is 15.9 Å². The molecule has 0 spiro atoms. The van der Waals surface area contributed by atoms with Crippen molar-refractivity contribution >= 4 is 34.9 Å². The molecule has 94 valence electrons. The van der Waals surface area contributed by atoms with Crippen LogP contribution in [0, 0.1) is 5.82 Å². The van der Waals surface area contributed by atoms with Crippen LogP contribution < -0.4 is 4.90 Å². The van der Waals surface area contributed by atoms with Crippen LogP contribution in [0.15, 0.2) is 35.5 Å². The molecule has 0 aliphatic rings. The monoisotopic (exact) mass is 283 g/mol. The van der Waals surface area contributed by atoms with Gasteiger partial charge in [0.2, 0.25) is 0 Å². The molecule has 18 heavy (non-hydrogen) atoms. The molecule has 1 aromatic heterocycles. The van der Waals surface area contributed by atoms with Gasteiger partial charge in [0, 0.05) is 18.8 Å². The van der Waals surface area contributed by atoms with E-state index < -0.39 is 0 Å². The fourth-order valence-corrected chi connectivity index (χ4v) is 2.07. The summed E-state index contributed by atoms with van der Waals surface area (Å²) in [6.45, 7) is 0. The van der Waals surface area contributed by atoms with Crippen molar-refractivity contribution in [3.63, 3.8) is 0 Å². The SMILES string of the molecule is CSc1nc(Cl)cc(N(C)c2cccc(F)c2)n1. The normalized spacial score (nSPS) is 10.4. The molecule has 0 aliphatic heterocycles. The third kappa shape index (κ3) is 2.91. The lowest BCUT2D eigenvalue weighted by atomic mass is 10.3. The molecule has 0 radical (unpaired) electrons. The molecule has 3 nitrogen and oxygen atoms in total. The number of rotatable bonds is 3. The molecule has 0 fully saturated rings. The van der Waals surface area contributed by atoms with E-state index in [9.17, 15) is 4.39 Å². The summed E-state index contributed by atoms with van der Waals surface area (Å²) < 4.78 is 13.2. The molecular formula is C12H11ClFN3S. The molecule has 0 saturated heterocycles. The first-order valence-corrected chi connectivity index (χ1v) is 6.78. The van der Waals surface area contributed by atoms with Gasteiger partial charge in [0.25, 0.3) is 0 Å². The van der Waals surface area contributed by atoms with Gasteiger partial charge in [0.15, 0.2) is 5.16 Å². The summed E-state index contributed by atoms with van der Waals surface area (Å²) in [4.78, 5) is 10.2. The fourth-order valence-electron chi connectivity index (χ4n) is 1.47. The van der Waals surface area contributed by atoms with Gasteiger partial charge in [-0.25, -0.2) is 14.4 Å². The molecular weight excluding hydrogens is 273 g/mol. The van der Waals surface area contributed by atoms with Crippen LogP contribution in [-0.4, -0.2) is 23.3 Å². The Balaban J connectivity index is 2.39. The maximum absolute atomic E-state index is 13.2. The average Bonchev–Trinajstić information content (AvgIpc) is 2.37. The lowest BCUT2D eigenvalue weighted by molar-refractivity contribution is 0.628. The van der Waals surface area contributed by atoms with Gasteiger partial charge in [0.1, 0.15) is 16.8 Å². The highest BCUT2D eigenvalue weighted by molar-refractivity contribution is 7.98. The molecule has 1 heterocycles. The molecule has 2 rings (SSSR count). The van der Waals surface area contributed by atoms with E-state index >= 15 is 0 Å². The van der Waals surface area contributed by atoms with Gasteiger partial charge in [-0.2, -0.15) is 0 Å². The minimum atomic E-state index is -0.287. The number of aromatic nitrogens is 2. The lowest BCUT2D eigenvalue weighted by Gasteiger charge is -2.18. The third-order valence-corrected chi connectivity index (χ3v) is 3.12. The highest BCUT2D eigenvalue weighted by Gasteiger charge is 2.09. The molecule has 0 amide bonds. The third-order valence-electron chi connectivity index (χ3n) is 2.38. The van der Waals surface area contributed by atoms with Gasteiger partial charge in [0.05, 0.1) is 0 Å². The lowest BCUT2D eigenvalue weighted by Crippen LogP contribution is -2.12.